The monoisotopic (exact) mass is 347 g/mol. The zero-order chi connectivity index (χ0) is 17.9. The normalized spacial score (nSPS) is 10.5. The molecule has 0 saturated heterocycles. The zero-order valence-corrected chi connectivity index (χ0v) is 14.2. The molecule has 0 rings (SSSR count). The van der Waals surface area contributed by atoms with Gasteiger partial charge in [-0.1, -0.05) is 6.08 Å². The first-order valence-electron chi connectivity index (χ1n) is 8.07. The van der Waals surface area contributed by atoms with E-state index in [0.29, 0.717) is 65.8 Å². The van der Waals surface area contributed by atoms with Crippen LogP contribution in [0.3, 0.4) is 0 Å². The topological polar surface area (TPSA) is 103 Å². The van der Waals surface area contributed by atoms with Gasteiger partial charge in [-0.25, -0.2) is 0 Å². The Balaban J connectivity index is 3.11. The van der Waals surface area contributed by atoms with Gasteiger partial charge in [0.05, 0.1) is 52.7 Å². The van der Waals surface area contributed by atoms with Crippen molar-refractivity contribution in [2.24, 2.45) is 0 Å². The summed E-state index contributed by atoms with van der Waals surface area (Å²) in [5.41, 5.74) is 0. The summed E-state index contributed by atoms with van der Waals surface area (Å²) >= 11 is 0. The molecule has 1 amide bonds. The van der Waals surface area contributed by atoms with Crippen LogP contribution < -0.4 is 5.32 Å². The number of nitrogens with one attached hydrogen (secondary N) is 1. The van der Waals surface area contributed by atoms with Crippen LogP contribution in [0.1, 0.15) is 19.3 Å². The Bertz CT molecular complexity index is 336. The van der Waals surface area contributed by atoms with Crippen molar-refractivity contribution in [3.05, 3.63) is 12.7 Å². The van der Waals surface area contributed by atoms with Crippen LogP contribution in [-0.4, -0.2) is 76.4 Å². The fourth-order valence-corrected chi connectivity index (χ4v) is 1.54. The van der Waals surface area contributed by atoms with Crippen LogP contribution in [0.4, 0.5) is 0 Å². The maximum absolute atomic E-state index is 11.2. The van der Waals surface area contributed by atoms with Crippen molar-refractivity contribution in [3.63, 3.8) is 0 Å². The van der Waals surface area contributed by atoms with Crippen LogP contribution in [0.2, 0.25) is 0 Å². The molecule has 140 valence electrons. The summed E-state index contributed by atoms with van der Waals surface area (Å²) in [6, 6.07) is 0. The summed E-state index contributed by atoms with van der Waals surface area (Å²) in [6.45, 7) is 8.13. The van der Waals surface area contributed by atoms with Gasteiger partial charge in [-0.2, -0.15) is 0 Å². The molecule has 0 aliphatic carbocycles. The molecule has 2 N–H and O–H groups in total. The number of carboxylic acids is 1. The van der Waals surface area contributed by atoms with E-state index in [-0.39, 0.29) is 18.7 Å². The number of aliphatic carboxylic acids is 1. The van der Waals surface area contributed by atoms with Gasteiger partial charge in [-0.15, -0.1) is 6.58 Å². The van der Waals surface area contributed by atoms with Crippen LogP contribution in [0.15, 0.2) is 12.7 Å². The predicted octanol–water partition coefficient (Wildman–Crippen LogP) is 0.610. The third-order valence-corrected chi connectivity index (χ3v) is 2.71. The number of ether oxygens (including phenoxy) is 4. The molecule has 8 nitrogen and oxygen atoms in total. The van der Waals surface area contributed by atoms with Gasteiger partial charge in [0.15, 0.2) is 0 Å². The van der Waals surface area contributed by atoms with E-state index < -0.39 is 5.97 Å². The van der Waals surface area contributed by atoms with Crippen LogP contribution >= 0.6 is 0 Å². The highest BCUT2D eigenvalue weighted by Gasteiger charge is 2.03. The van der Waals surface area contributed by atoms with Crippen molar-refractivity contribution in [2.45, 2.75) is 19.3 Å². The Morgan fingerprint density at radius 3 is 1.96 bits per heavy atom. The second kappa shape index (κ2) is 17.9. The number of hydrogen-bond acceptors (Lipinski definition) is 6. The Morgan fingerprint density at radius 2 is 1.42 bits per heavy atom. The first kappa shape index (κ1) is 22.5. The molecule has 24 heavy (non-hydrogen) atoms. The number of carbonyl (C=O) groups excluding carboxylic acids is 1. The Morgan fingerprint density at radius 1 is 0.875 bits per heavy atom. The molecular formula is C16H29NO7. The number of carboxylic acid groups (broad SMARTS) is 1. The Hall–Kier alpha value is -1.48. The number of amides is 1. The van der Waals surface area contributed by atoms with E-state index in [2.05, 4.69) is 11.9 Å². The SMILES string of the molecule is C=CCOCCOCCOCCOCCCNC(=O)CCC(=O)O. The Labute approximate surface area is 143 Å². The molecular weight excluding hydrogens is 318 g/mol. The number of hydrogen-bond donors (Lipinski definition) is 2. The highest BCUT2D eigenvalue weighted by atomic mass is 16.6. The molecule has 0 atom stereocenters. The summed E-state index contributed by atoms with van der Waals surface area (Å²) in [4.78, 5) is 21.5. The average molecular weight is 347 g/mol. The molecule has 0 aromatic rings. The number of rotatable bonds is 18. The third kappa shape index (κ3) is 18.6. The minimum atomic E-state index is -0.972. The van der Waals surface area contributed by atoms with Gasteiger partial charge in [0, 0.05) is 19.6 Å². The van der Waals surface area contributed by atoms with Crippen molar-refractivity contribution >= 4 is 11.9 Å². The van der Waals surface area contributed by atoms with Crippen LogP contribution in [0.5, 0.6) is 0 Å². The minimum Gasteiger partial charge on any atom is -0.481 e. The quantitative estimate of drug-likeness (QED) is 0.276. The van der Waals surface area contributed by atoms with Gasteiger partial charge in [0.1, 0.15) is 0 Å². The van der Waals surface area contributed by atoms with E-state index in [4.69, 9.17) is 24.1 Å². The van der Waals surface area contributed by atoms with Crippen LogP contribution in [0, 0.1) is 0 Å². The molecule has 0 aliphatic rings. The first-order valence-corrected chi connectivity index (χ1v) is 8.07. The van der Waals surface area contributed by atoms with Gasteiger partial charge in [0.25, 0.3) is 0 Å². The molecule has 0 aromatic heterocycles. The largest absolute Gasteiger partial charge is 0.481 e. The average Bonchev–Trinajstić information content (AvgIpc) is 2.56. The zero-order valence-electron chi connectivity index (χ0n) is 14.2. The van der Waals surface area contributed by atoms with Crippen molar-refractivity contribution < 1.29 is 33.6 Å². The van der Waals surface area contributed by atoms with E-state index >= 15 is 0 Å². The first-order chi connectivity index (χ1) is 11.7. The second-order valence-electron chi connectivity index (χ2n) is 4.80. The standard InChI is InChI=1S/C16H29NO7/c1-2-7-21-9-11-23-13-14-24-12-10-22-8-3-6-17-15(18)4-5-16(19)20/h2H,1,3-14H2,(H,17,18)(H,19,20). The van der Waals surface area contributed by atoms with Gasteiger partial charge >= 0.3 is 5.97 Å². The fourth-order valence-electron chi connectivity index (χ4n) is 1.54. The molecule has 0 fully saturated rings. The molecule has 0 spiro atoms. The van der Waals surface area contributed by atoms with Gasteiger partial charge in [-0.3, -0.25) is 9.59 Å². The van der Waals surface area contributed by atoms with E-state index in [1.54, 1.807) is 6.08 Å². The molecule has 0 saturated carbocycles. The fraction of sp³-hybridized carbons (Fsp3) is 0.750. The lowest BCUT2D eigenvalue weighted by atomic mass is 10.3. The molecule has 0 heterocycles. The van der Waals surface area contributed by atoms with E-state index in [1.165, 1.54) is 0 Å². The van der Waals surface area contributed by atoms with E-state index in [9.17, 15) is 9.59 Å². The molecule has 0 unspecified atom stereocenters. The second-order valence-corrected chi connectivity index (χ2v) is 4.80. The summed E-state index contributed by atoms with van der Waals surface area (Å²) in [5, 5.41) is 11.1. The highest BCUT2D eigenvalue weighted by Crippen LogP contribution is 1.89. The van der Waals surface area contributed by atoms with Crippen molar-refractivity contribution in [3.8, 4) is 0 Å². The van der Waals surface area contributed by atoms with Gasteiger partial charge in [0.2, 0.25) is 5.91 Å². The summed E-state index contributed by atoms with van der Waals surface area (Å²) in [7, 11) is 0. The smallest absolute Gasteiger partial charge is 0.303 e. The molecule has 0 radical (unpaired) electrons. The van der Waals surface area contributed by atoms with Gasteiger partial charge < -0.3 is 29.4 Å². The highest BCUT2D eigenvalue weighted by molar-refractivity contribution is 5.80. The molecule has 0 aromatic carbocycles. The van der Waals surface area contributed by atoms with Gasteiger partial charge in [-0.05, 0) is 6.42 Å². The summed E-state index contributed by atoms with van der Waals surface area (Å²) < 4.78 is 21.1. The van der Waals surface area contributed by atoms with E-state index in [0.717, 1.165) is 0 Å². The maximum atomic E-state index is 11.2. The van der Waals surface area contributed by atoms with E-state index in [1.807, 2.05) is 0 Å². The summed E-state index contributed by atoms with van der Waals surface area (Å²) in [5.74, 6) is -1.23. The third-order valence-electron chi connectivity index (χ3n) is 2.71. The lowest BCUT2D eigenvalue weighted by Gasteiger charge is -2.07. The van der Waals surface area contributed by atoms with Crippen molar-refractivity contribution in [2.75, 3.05) is 59.4 Å². The van der Waals surface area contributed by atoms with Crippen molar-refractivity contribution in [1.29, 1.82) is 0 Å². The van der Waals surface area contributed by atoms with Crippen molar-refractivity contribution in [1.82, 2.24) is 5.32 Å². The van der Waals surface area contributed by atoms with Crippen LogP contribution in [0.25, 0.3) is 0 Å². The minimum absolute atomic E-state index is 0.00643. The summed E-state index contributed by atoms with van der Waals surface area (Å²) in [6.07, 6.45) is 2.22. The maximum Gasteiger partial charge on any atom is 0.303 e. The lowest BCUT2D eigenvalue weighted by molar-refractivity contribution is -0.138. The lowest BCUT2D eigenvalue weighted by Crippen LogP contribution is -2.25. The Kier molecular flexibility index (Phi) is 16.8. The number of carbonyl (C=O) groups is 2. The predicted molar refractivity (Wildman–Crippen MR) is 88.0 cm³/mol. The molecule has 0 bridgehead atoms. The molecule has 0 aliphatic heterocycles. The molecule has 8 heteroatoms. The van der Waals surface area contributed by atoms with Crippen LogP contribution in [-0.2, 0) is 28.5 Å².